The van der Waals surface area contributed by atoms with Gasteiger partial charge in [-0.1, -0.05) is 6.07 Å². The molecule has 9 heteroatoms. The third-order valence-corrected chi connectivity index (χ3v) is 3.77. The van der Waals surface area contributed by atoms with Gasteiger partial charge >= 0.3 is 5.97 Å². The molecule has 1 aliphatic heterocycles. The first-order valence-electron chi connectivity index (χ1n) is 7.34. The van der Waals surface area contributed by atoms with Gasteiger partial charge in [-0.2, -0.15) is 0 Å². The maximum absolute atomic E-state index is 11.9. The maximum atomic E-state index is 11.9. The summed E-state index contributed by atoms with van der Waals surface area (Å²) in [5.41, 5.74) is 0.573. The molecule has 24 heavy (non-hydrogen) atoms. The summed E-state index contributed by atoms with van der Waals surface area (Å²) in [6, 6.07) is 4.10. The summed E-state index contributed by atoms with van der Waals surface area (Å²) < 4.78 is 9.78. The Morgan fingerprint density at radius 2 is 1.83 bits per heavy atom. The first-order chi connectivity index (χ1) is 11.3. The van der Waals surface area contributed by atoms with E-state index in [1.165, 1.54) is 18.2 Å². The normalized spacial score (nSPS) is 30.1. The summed E-state index contributed by atoms with van der Waals surface area (Å²) in [6.07, 6.45) is -7.39. The van der Waals surface area contributed by atoms with Crippen LogP contribution in [0.5, 0.6) is 11.5 Å². The lowest BCUT2D eigenvalue weighted by Crippen LogP contribution is -2.59. The molecule has 0 aromatic heterocycles. The molecule has 1 saturated heterocycles. The molecule has 0 bridgehead atoms. The van der Waals surface area contributed by atoms with Crippen LogP contribution in [-0.4, -0.2) is 73.9 Å². The zero-order valence-corrected chi connectivity index (χ0v) is 12.6. The molecule has 0 saturated carbocycles. The maximum Gasteiger partial charge on any atom is 0.306 e. The van der Waals surface area contributed by atoms with Crippen LogP contribution in [0.1, 0.15) is 12.0 Å². The van der Waals surface area contributed by atoms with E-state index in [0.29, 0.717) is 5.56 Å². The van der Waals surface area contributed by atoms with E-state index in [4.69, 9.17) is 14.6 Å². The third-order valence-electron chi connectivity index (χ3n) is 3.77. The highest BCUT2D eigenvalue weighted by Gasteiger charge is 2.45. The number of benzene rings is 1. The smallest absolute Gasteiger partial charge is 0.306 e. The molecule has 6 N–H and O–H groups in total. The Hall–Kier alpha value is -1.91. The SMILES string of the molecule is O=C(CCc1ccc(O)c(O)c1)O[C@@H]1[C@@H](O)[C@H](O)O[C@H](CO)[C@H]1O. The van der Waals surface area contributed by atoms with Crippen molar-refractivity contribution in [3.63, 3.8) is 0 Å². The van der Waals surface area contributed by atoms with Gasteiger partial charge in [-0.25, -0.2) is 0 Å². The molecular weight excluding hydrogens is 324 g/mol. The number of phenols is 2. The fourth-order valence-electron chi connectivity index (χ4n) is 2.39. The Bertz CT molecular complexity index is 576. The molecule has 0 amide bonds. The number of rotatable bonds is 5. The number of carbonyl (C=O) groups excluding carboxylic acids is 1. The third kappa shape index (κ3) is 4.13. The Morgan fingerprint density at radius 3 is 2.46 bits per heavy atom. The standard InChI is InChI=1S/C15H20O9/c16-6-10-12(20)14(13(21)15(22)23-10)24-11(19)4-2-7-1-3-8(17)9(18)5-7/h1,3,5,10,12-18,20-22H,2,4,6H2/t10-,12-,13-,14+,15-/m1/s1. The van der Waals surface area contributed by atoms with Crippen LogP contribution in [0.3, 0.4) is 0 Å². The summed E-state index contributed by atoms with van der Waals surface area (Å²) in [4.78, 5) is 11.9. The highest BCUT2D eigenvalue weighted by Crippen LogP contribution is 2.26. The van der Waals surface area contributed by atoms with Crippen LogP contribution >= 0.6 is 0 Å². The minimum atomic E-state index is -1.70. The zero-order chi connectivity index (χ0) is 17.9. The minimum absolute atomic E-state index is 0.124. The number of ether oxygens (including phenoxy) is 2. The van der Waals surface area contributed by atoms with Crippen molar-refractivity contribution in [2.24, 2.45) is 0 Å². The fraction of sp³-hybridized carbons (Fsp3) is 0.533. The molecule has 1 aromatic carbocycles. The lowest BCUT2D eigenvalue weighted by atomic mass is 9.99. The topological polar surface area (TPSA) is 157 Å². The summed E-state index contributed by atoms with van der Waals surface area (Å²) in [5, 5.41) is 56.9. The van der Waals surface area contributed by atoms with Gasteiger partial charge in [0.05, 0.1) is 6.61 Å². The van der Waals surface area contributed by atoms with E-state index in [1.807, 2.05) is 0 Å². The van der Waals surface area contributed by atoms with Crippen LogP contribution in [0.4, 0.5) is 0 Å². The molecule has 2 rings (SSSR count). The van der Waals surface area contributed by atoms with E-state index in [0.717, 1.165) is 0 Å². The first-order valence-corrected chi connectivity index (χ1v) is 7.34. The zero-order valence-electron chi connectivity index (χ0n) is 12.6. The van der Waals surface area contributed by atoms with Crippen molar-refractivity contribution in [1.29, 1.82) is 0 Å². The number of hydrogen-bond acceptors (Lipinski definition) is 9. The van der Waals surface area contributed by atoms with Crippen LogP contribution < -0.4 is 0 Å². The number of aryl methyl sites for hydroxylation is 1. The highest BCUT2D eigenvalue weighted by molar-refractivity contribution is 5.70. The number of aliphatic hydroxyl groups is 4. The number of aromatic hydroxyl groups is 2. The van der Waals surface area contributed by atoms with Gasteiger partial charge in [-0.3, -0.25) is 4.79 Å². The van der Waals surface area contributed by atoms with Crippen molar-refractivity contribution in [3.05, 3.63) is 23.8 Å². The molecule has 0 radical (unpaired) electrons. The molecule has 9 nitrogen and oxygen atoms in total. The van der Waals surface area contributed by atoms with Crippen molar-refractivity contribution in [2.75, 3.05) is 6.61 Å². The predicted octanol–water partition coefficient (Wildman–Crippen LogP) is -1.63. The Balaban J connectivity index is 1.93. The second kappa shape index (κ2) is 7.77. The molecule has 1 fully saturated rings. The van der Waals surface area contributed by atoms with Crippen molar-refractivity contribution in [2.45, 2.75) is 43.5 Å². The number of aliphatic hydroxyl groups excluding tert-OH is 4. The average molecular weight is 344 g/mol. The van der Waals surface area contributed by atoms with Gasteiger partial charge in [0.25, 0.3) is 0 Å². The Labute approximate surface area is 137 Å². The highest BCUT2D eigenvalue weighted by atomic mass is 16.7. The number of esters is 1. The largest absolute Gasteiger partial charge is 0.504 e. The predicted molar refractivity (Wildman–Crippen MR) is 78.0 cm³/mol. The molecule has 0 aliphatic carbocycles. The monoisotopic (exact) mass is 344 g/mol. The minimum Gasteiger partial charge on any atom is -0.504 e. The van der Waals surface area contributed by atoms with Gasteiger partial charge in [0.1, 0.15) is 18.3 Å². The molecule has 1 aromatic rings. The summed E-state index contributed by atoms with van der Waals surface area (Å²) in [5.74, 6) is -1.35. The molecule has 1 heterocycles. The van der Waals surface area contributed by atoms with Gasteiger partial charge in [0.2, 0.25) is 0 Å². The molecule has 5 atom stereocenters. The fourth-order valence-corrected chi connectivity index (χ4v) is 2.39. The number of phenolic OH excluding ortho intramolecular Hbond substituents is 2. The second-order valence-corrected chi connectivity index (χ2v) is 5.51. The van der Waals surface area contributed by atoms with Gasteiger partial charge in [0, 0.05) is 6.42 Å². The van der Waals surface area contributed by atoms with Gasteiger partial charge < -0.3 is 40.1 Å². The van der Waals surface area contributed by atoms with E-state index in [-0.39, 0.29) is 24.3 Å². The molecule has 0 spiro atoms. The number of hydrogen-bond donors (Lipinski definition) is 6. The van der Waals surface area contributed by atoms with Crippen LogP contribution in [0.15, 0.2) is 18.2 Å². The lowest BCUT2D eigenvalue weighted by Gasteiger charge is -2.39. The van der Waals surface area contributed by atoms with Crippen molar-refractivity contribution in [3.8, 4) is 11.5 Å². The number of carbonyl (C=O) groups is 1. The second-order valence-electron chi connectivity index (χ2n) is 5.51. The van der Waals surface area contributed by atoms with E-state index >= 15 is 0 Å². The van der Waals surface area contributed by atoms with Crippen LogP contribution in [0.2, 0.25) is 0 Å². The molecular formula is C15H20O9. The molecule has 134 valence electrons. The van der Waals surface area contributed by atoms with Gasteiger partial charge in [-0.05, 0) is 24.1 Å². The first kappa shape index (κ1) is 18.4. The van der Waals surface area contributed by atoms with E-state index < -0.39 is 43.3 Å². The Kier molecular flexibility index (Phi) is 5.97. The van der Waals surface area contributed by atoms with Gasteiger partial charge in [0.15, 0.2) is 23.9 Å². The van der Waals surface area contributed by atoms with Crippen molar-refractivity contribution < 1.29 is 44.9 Å². The summed E-state index contributed by atoms with van der Waals surface area (Å²) >= 11 is 0. The van der Waals surface area contributed by atoms with Crippen LogP contribution in [0.25, 0.3) is 0 Å². The molecule has 1 aliphatic rings. The van der Waals surface area contributed by atoms with E-state index in [9.17, 15) is 30.3 Å². The average Bonchev–Trinajstić information content (AvgIpc) is 2.56. The van der Waals surface area contributed by atoms with Crippen molar-refractivity contribution in [1.82, 2.24) is 0 Å². The molecule has 0 unspecified atom stereocenters. The van der Waals surface area contributed by atoms with Crippen LogP contribution in [0, 0.1) is 0 Å². The van der Waals surface area contributed by atoms with E-state index in [2.05, 4.69) is 0 Å². The van der Waals surface area contributed by atoms with Crippen molar-refractivity contribution >= 4 is 5.97 Å². The lowest BCUT2D eigenvalue weighted by molar-refractivity contribution is -0.289. The quantitative estimate of drug-likeness (QED) is 0.273. The summed E-state index contributed by atoms with van der Waals surface area (Å²) in [7, 11) is 0. The Morgan fingerprint density at radius 1 is 1.12 bits per heavy atom. The van der Waals surface area contributed by atoms with E-state index in [1.54, 1.807) is 0 Å². The van der Waals surface area contributed by atoms with Gasteiger partial charge in [-0.15, -0.1) is 0 Å². The summed E-state index contributed by atoms with van der Waals surface area (Å²) in [6.45, 7) is -0.619. The van der Waals surface area contributed by atoms with Crippen LogP contribution in [-0.2, 0) is 20.7 Å².